The van der Waals surface area contributed by atoms with Gasteiger partial charge in [0.1, 0.15) is 11.3 Å². The molecule has 20 heavy (non-hydrogen) atoms. The predicted molar refractivity (Wildman–Crippen MR) is 78.5 cm³/mol. The molecule has 2 N–H and O–H groups in total. The average molecular weight is 275 g/mol. The van der Waals surface area contributed by atoms with E-state index < -0.39 is 5.54 Å². The van der Waals surface area contributed by atoms with Crippen LogP contribution in [0.15, 0.2) is 24.3 Å². The van der Waals surface area contributed by atoms with E-state index in [1.807, 2.05) is 38.1 Å². The van der Waals surface area contributed by atoms with Crippen molar-refractivity contribution in [3.63, 3.8) is 0 Å². The third-order valence-corrected chi connectivity index (χ3v) is 3.33. The average Bonchev–Trinajstić information content (AvgIpc) is 2.45. The molecular weight excluding hydrogens is 254 g/mol. The Labute approximate surface area is 119 Å². The summed E-state index contributed by atoms with van der Waals surface area (Å²) in [6, 6.07) is 9.50. The van der Waals surface area contributed by atoms with E-state index in [1.165, 1.54) is 0 Å². The maximum atomic E-state index is 11.9. The molecule has 0 saturated carbocycles. The van der Waals surface area contributed by atoms with Crippen LogP contribution < -0.4 is 15.4 Å². The van der Waals surface area contributed by atoms with E-state index in [1.54, 1.807) is 14.0 Å². The summed E-state index contributed by atoms with van der Waals surface area (Å²) in [5.41, 5.74) is -0.118. The largest absolute Gasteiger partial charge is 0.495 e. The second-order valence-electron chi connectivity index (χ2n) is 5.07. The van der Waals surface area contributed by atoms with Crippen molar-refractivity contribution in [2.24, 2.45) is 5.92 Å². The van der Waals surface area contributed by atoms with Crippen LogP contribution in [-0.2, 0) is 4.79 Å². The molecule has 0 aliphatic heterocycles. The Bertz CT molecular complexity index is 508. The van der Waals surface area contributed by atoms with Crippen molar-refractivity contribution in [2.45, 2.75) is 26.3 Å². The van der Waals surface area contributed by atoms with Crippen LogP contribution in [-0.4, -0.2) is 25.1 Å². The molecule has 5 nitrogen and oxygen atoms in total. The molecule has 0 bridgehead atoms. The molecule has 0 unspecified atom stereocenters. The van der Waals surface area contributed by atoms with Crippen molar-refractivity contribution in [3.05, 3.63) is 24.3 Å². The Morgan fingerprint density at radius 1 is 1.45 bits per heavy atom. The highest BCUT2D eigenvalue weighted by Crippen LogP contribution is 2.22. The van der Waals surface area contributed by atoms with Crippen LogP contribution in [0.1, 0.15) is 20.8 Å². The van der Waals surface area contributed by atoms with Crippen LogP contribution in [0.2, 0.25) is 0 Å². The van der Waals surface area contributed by atoms with E-state index in [0.717, 1.165) is 5.69 Å². The lowest BCUT2D eigenvalue weighted by atomic mass is 9.90. The summed E-state index contributed by atoms with van der Waals surface area (Å²) in [5.74, 6) is 0.476. The number of methoxy groups -OCH3 is 1. The molecule has 1 aromatic carbocycles. The first kappa shape index (κ1) is 15.8. The number of ether oxygens (including phenoxy) is 1. The Morgan fingerprint density at radius 3 is 2.65 bits per heavy atom. The highest BCUT2D eigenvalue weighted by Gasteiger charge is 2.29. The number of amides is 1. The van der Waals surface area contributed by atoms with Crippen LogP contribution in [0, 0.1) is 17.2 Å². The quantitative estimate of drug-likeness (QED) is 0.834. The minimum absolute atomic E-state index is 0.0303. The molecule has 0 saturated heterocycles. The van der Waals surface area contributed by atoms with Crippen LogP contribution in [0.5, 0.6) is 5.75 Å². The molecule has 108 valence electrons. The number of hydrogen-bond acceptors (Lipinski definition) is 4. The van der Waals surface area contributed by atoms with Crippen molar-refractivity contribution >= 4 is 11.6 Å². The zero-order valence-electron chi connectivity index (χ0n) is 12.4. The number of carbonyl (C=O) groups is 1. The van der Waals surface area contributed by atoms with Crippen LogP contribution >= 0.6 is 0 Å². The van der Waals surface area contributed by atoms with Gasteiger partial charge in [0, 0.05) is 0 Å². The molecule has 5 heteroatoms. The third-order valence-electron chi connectivity index (χ3n) is 3.33. The molecule has 0 spiro atoms. The SMILES string of the molecule is COc1ccccc1NCC(=O)N[C@](C)(C#N)C(C)C. The fourth-order valence-corrected chi connectivity index (χ4v) is 1.60. The number of nitriles is 1. The zero-order chi connectivity index (χ0) is 15.2. The van der Waals surface area contributed by atoms with Crippen molar-refractivity contribution in [1.29, 1.82) is 5.26 Å². The number of benzene rings is 1. The lowest BCUT2D eigenvalue weighted by Gasteiger charge is -2.27. The highest BCUT2D eigenvalue weighted by molar-refractivity contribution is 5.82. The van der Waals surface area contributed by atoms with Crippen molar-refractivity contribution in [1.82, 2.24) is 5.32 Å². The van der Waals surface area contributed by atoms with Crippen LogP contribution in [0.25, 0.3) is 0 Å². The van der Waals surface area contributed by atoms with Gasteiger partial charge in [0.15, 0.2) is 0 Å². The Morgan fingerprint density at radius 2 is 2.10 bits per heavy atom. The maximum absolute atomic E-state index is 11.9. The highest BCUT2D eigenvalue weighted by atomic mass is 16.5. The van der Waals surface area contributed by atoms with Gasteiger partial charge in [-0.05, 0) is 25.0 Å². The number of carbonyl (C=O) groups excluding carboxylic acids is 1. The molecule has 1 rings (SSSR count). The molecule has 0 heterocycles. The number of anilines is 1. The lowest BCUT2D eigenvalue weighted by molar-refractivity contribution is -0.121. The van der Waals surface area contributed by atoms with Crippen LogP contribution in [0.3, 0.4) is 0 Å². The summed E-state index contributed by atoms with van der Waals surface area (Å²) < 4.78 is 5.19. The normalized spacial score (nSPS) is 13.2. The van der Waals surface area contributed by atoms with E-state index in [2.05, 4.69) is 16.7 Å². The Hall–Kier alpha value is -2.22. The number of para-hydroxylation sites is 2. The van der Waals surface area contributed by atoms with E-state index in [9.17, 15) is 4.79 Å². The van der Waals surface area contributed by atoms with E-state index in [-0.39, 0.29) is 18.4 Å². The maximum Gasteiger partial charge on any atom is 0.240 e. The zero-order valence-corrected chi connectivity index (χ0v) is 12.4. The molecule has 0 radical (unpaired) electrons. The molecule has 1 amide bonds. The standard InChI is InChI=1S/C15H21N3O2/c1-11(2)15(3,10-16)18-14(19)9-17-12-7-5-6-8-13(12)20-4/h5-8,11,17H,9H2,1-4H3,(H,18,19)/t15-/m1/s1. The lowest BCUT2D eigenvalue weighted by Crippen LogP contribution is -2.50. The summed E-state index contributed by atoms with van der Waals surface area (Å²) >= 11 is 0. The molecule has 0 aliphatic rings. The molecule has 1 aromatic rings. The van der Waals surface area contributed by atoms with Crippen molar-refractivity contribution < 1.29 is 9.53 Å². The first-order valence-electron chi connectivity index (χ1n) is 6.52. The van der Waals surface area contributed by atoms with Gasteiger partial charge in [0.25, 0.3) is 0 Å². The predicted octanol–water partition coefficient (Wildman–Crippen LogP) is 2.16. The van der Waals surface area contributed by atoms with Gasteiger partial charge in [-0.1, -0.05) is 26.0 Å². The third kappa shape index (κ3) is 3.89. The van der Waals surface area contributed by atoms with E-state index in [0.29, 0.717) is 5.75 Å². The molecule has 1 atom stereocenters. The number of nitrogens with zero attached hydrogens (tertiary/aromatic N) is 1. The van der Waals surface area contributed by atoms with Gasteiger partial charge in [-0.2, -0.15) is 5.26 Å². The first-order valence-corrected chi connectivity index (χ1v) is 6.52. The summed E-state index contributed by atoms with van der Waals surface area (Å²) in [6.07, 6.45) is 0. The van der Waals surface area contributed by atoms with Gasteiger partial charge in [-0.25, -0.2) is 0 Å². The number of rotatable bonds is 6. The minimum Gasteiger partial charge on any atom is -0.495 e. The van der Waals surface area contributed by atoms with Gasteiger partial charge in [-0.3, -0.25) is 4.79 Å². The fraction of sp³-hybridized carbons (Fsp3) is 0.467. The number of hydrogen-bond donors (Lipinski definition) is 2. The van der Waals surface area contributed by atoms with Gasteiger partial charge in [-0.15, -0.1) is 0 Å². The topological polar surface area (TPSA) is 74.2 Å². The summed E-state index contributed by atoms with van der Waals surface area (Å²) in [7, 11) is 1.58. The second kappa shape index (κ2) is 6.80. The van der Waals surface area contributed by atoms with Crippen LogP contribution in [0.4, 0.5) is 5.69 Å². The van der Waals surface area contributed by atoms with Gasteiger partial charge < -0.3 is 15.4 Å². The van der Waals surface area contributed by atoms with Crippen molar-refractivity contribution in [3.8, 4) is 11.8 Å². The molecule has 0 aromatic heterocycles. The number of nitrogens with one attached hydrogen (secondary N) is 2. The summed E-state index contributed by atoms with van der Waals surface area (Å²) in [4.78, 5) is 11.9. The second-order valence-corrected chi connectivity index (χ2v) is 5.07. The van der Waals surface area contributed by atoms with E-state index >= 15 is 0 Å². The van der Waals surface area contributed by atoms with Gasteiger partial charge in [0.05, 0.1) is 25.4 Å². The first-order chi connectivity index (χ1) is 9.42. The smallest absolute Gasteiger partial charge is 0.240 e. The van der Waals surface area contributed by atoms with E-state index in [4.69, 9.17) is 10.00 Å². The molecule has 0 fully saturated rings. The van der Waals surface area contributed by atoms with Crippen molar-refractivity contribution in [2.75, 3.05) is 19.0 Å². The molecular formula is C15H21N3O2. The minimum atomic E-state index is -0.862. The Kier molecular flexibility index (Phi) is 5.39. The van der Waals surface area contributed by atoms with Gasteiger partial charge in [0.2, 0.25) is 5.91 Å². The Balaban J connectivity index is 2.62. The summed E-state index contributed by atoms with van der Waals surface area (Å²) in [6.45, 7) is 5.61. The molecule has 0 aliphatic carbocycles. The fourth-order valence-electron chi connectivity index (χ4n) is 1.60. The van der Waals surface area contributed by atoms with Gasteiger partial charge >= 0.3 is 0 Å². The monoisotopic (exact) mass is 275 g/mol. The summed E-state index contributed by atoms with van der Waals surface area (Å²) in [5, 5.41) is 14.9.